The third kappa shape index (κ3) is 6.17. The number of amides is 2. The second-order valence-electron chi connectivity index (χ2n) is 7.14. The lowest BCUT2D eigenvalue weighted by atomic mass is 9.81. The molecule has 0 heterocycles. The van der Waals surface area contributed by atoms with Gasteiger partial charge in [-0.2, -0.15) is 0 Å². The van der Waals surface area contributed by atoms with E-state index in [1.807, 2.05) is 13.0 Å². The van der Waals surface area contributed by atoms with Gasteiger partial charge in [-0.15, -0.1) is 0 Å². The molecule has 1 aromatic rings. The minimum Gasteiger partial charge on any atom is -0.356 e. The Morgan fingerprint density at radius 1 is 1.12 bits per heavy atom. The Kier molecular flexibility index (Phi) is 8.23. The first-order chi connectivity index (χ1) is 12.4. The Labute approximate surface area is 166 Å². The van der Waals surface area contributed by atoms with Crippen molar-refractivity contribution in [1.29, 1.82) is 0 Å². The van der Waals surface area contributed by atoms with Crippen LogP contribution in [0.3, 0.4) is 0 Å². The second kappa shape index (κ2) is 10.2. The van der Waals surface area contributed by atoms with Crippen LogP contribution in [-0.2, 0) is 16.0 Å². The maximum absolute atomic E-state index is 12.4. The maximum atomic E-state index is 12.4. The summed E-state index contributed by atoms with van der Waals surface area (Å²) in [6.07, 6.45) is 4.71. The van der Waals surface area contributed by atoms with Crippen molar-refractivity contribution in [3.8, 4) is 0 Å². The summed E-state index contributed by atoms with van der Waals surface area (Å²) in [7, 11) is 0. The molecule has 2 N–H and O–H groups in total. The van der Waals surface area contributed by atoms with Crippen LogP contribution in [0.25, 0.3) is 0 Å². The summed E-state index contributed by atoms with van der Waals surface area (Å²) in [6, 6.07) is 5.61. The highest BCUT2D eigenvalue weighted by molar-refractivity contribution is 6.35. The quantitative estimate of drug-likeness (QED) is 0.715. The van der Waals surface area contributed by atoms with E-state index in [2.05, 4.69) is 17.6 Å². The number of benzene rings is 1. The summed E-state index contributed by atoms with van der Waals surface area (Å²) in [5.41, 5.74) is 0.974. The van der Waals surface area contributed by atoms with Crippen LogP contribution in [0.4, 0.5) is 0 Å². The van der Waals surface area contributed by atoms with Crippen LogP contribution in [0.5, 0.6) is 0 Å². The molecule has 1 aromatic carbocycles. The molecule has 0 aromatic heterocycles. The molecule has 0 radical (unpaired) electrons. The lowest BCUT2D eigenvalue weighted by Gasteiger charge is -2.28. The first-order valence-corrected chi connectivity index (χ1v) is 10.2. The Bertz CT molecular complexity index is 628. The van der Waals surface area contributed by atoms with E-state index in [1.54, 1.807) is 12.1 Å². The lowest BCUT2D eigenvalue weighted by molar-refractivity contribution is -0.130. The van der Waals surface area contributed by atoms with Crippen molar-refractivity contribution in [1.82, 2.24) is 10.6 Å². The Hall–Kier alpha value is -1.26. The summed E-state index contributed by atoms with van der Waals surface area (Å²) in [6.45, 7) is 4.63. The molecule has 144 valence electrons. The number of rotatable bonds is 7. The molecule has 1 aliphatic carbocycles. The summed E-state index contributed by atoms with van der Waals surface area (Å²) in [4.78, 5) is 24.6. The normalized spacial score (nSPS) is 21.1. The average molecular weight is 399 g/mol. The molecule has 0 saturated heterocycles. The van der Waals surface area contributed by atoms with Crippen LogP contribution in [0.15, 0.2) is 18.2 Å². The predicted molar refractivity (Wildman–Crippen MR) is 107 cm³/mol. The van der Waals surface area contributed by atoms with Crippen molar-refractivity contribution in [3.05, 3.63) is 33.8 Å². The van der Waals surface area contributed by atoms with Gasteiger partial charge in [0.25, 0.3) is 0 Å². The van der Waals surface area contributed by atoms with Crippen molar-refractivity contribution in [2.75, 3.05) is 6.54 Å². The predicted octanol–water partition coefficient (Wildman–Crippen LogP) is 4.37. The van der Waals surface area contributed by atoms with Gasteiger partial charge in [0.2, 0.25) is 11.8 Å². The third-order valence-corrected chi connectivity index (χ3v) is 5.77. The standard InChI is InChI=1S/C20H28Cl2N2O2/c1-3-13(2)24-20(26)16-6-4-15(5-7-16)19(25)23-11-10-14-8-9-17(21)12-18(14)22/h8-9,12-13,15-16H,3-7,10-11H2,1-2H3,(H,23,25)(H,24,26). The zero-order chi connectivity index (χ0) is 19.1. The largest absolute Gasteiger partial charge is 0.356 e. The van der Waals surface area contributed by atoms with E-state index >= 15 is 0 Å². The molecule has 26 heavy (non-hydrogen) atoms. The van der Waals surface area contributed by atoms with Crippen LogP contribution >= 0.6 is 23.2 Å². The summed E-state index contributed by atoms with van der Waals surface area (Å²) >= 11 is 12.0. The second-order valence-corrected chi connectivity index (χ2v) is 7.99. The first kappa shape index (κ1) is 21.0. The van der Waals surface area contributed by atoms with E-state index in [0.717, 1.165) is 37.7 Å². The number of halogens is 2. The van der Waals surface area contributed by atoms with Crippen molar-refractivity contribution in [2.24, 2.45) is 11.8 Å². The Balaban J connectivity index is 1.72. The van der Waals surface area contributed by atoms with Crippen molar-refractivity contribution >= 4 is 35.0 Å². The van der Waals surface area contributed by atoms with Crippen LogP contribution in [-0.4, -0.2) is 24.4 Å². The zero-order valence-corrected chi connectivity index (χ0v) is 17.0. The summed E-state index contributed by atoms with van der Waals surface area (Å²) < 4.78 is 0. The smallest absolute Gasteiger partial charge is 0.223 e. The molecule has 2 rings (SSSR count). The van der Waals surface area contributed by atoms with E-state index < -0.39 is 0 Å². The highest BCUT2D eigenvalue weighted by Crippen LogP contribution is 2.29. The Morgan fingerprint density at radius 2 is 1.73 bits per heavy atom. The number of carbonyl (C=O) groups excluding carboxylic acids is 2. The fourth-order valence-electron chi connectivity index (χ4n) is 3.27. The molecular weight excluding hydrogens is 371 g/mol. The van der Waals surface area contributed by atoms with Crippen LogP contribution in [0.2, 0.25) is 10.0 Å². The van der Waals surface area contributed by atoms with Gasteiger partial charge >= 0.3 is 0 Å². The number of hydrogen-bond donors (Lipinski definition) is 2. The molecule has 1 saturated carbocycles. The fourth-order valence-corrected chi connectivity index (χ4v) is 3.77. The van der Waals surface area contributed by atoms with Crippen LogP contribution < -0.4 is 10.6 Å². The van der Waals surface area contributed by atoms with Crippen LogP contribution in [0, 0.1) is 11.8 Å². The van der Waals surface area contributed by atoms with Crippen molar-refractivity contribution < 1.29 is 9.59 Å². The van der Waals surface area contributed by atoms with Crippen molar-refractivity contribution in [2.45, 2.75) is 58.4 Å². The molecule has 1 fully saturated rings. The number of carbonyl (C=O) groups is 2. The van der Waals surface area contributed by atoms with E-state index in [-0.39, 0.29) is 29.7 Å². The van der Waals surface area contributed by atoms with Gasteiger partial charge < -0.3 is 10.6 Å². The van der Waals surface area contributed by atoms with Gasteiger partial charge in [0.15, 0.2) is 0 Å². The summed E-state index contributed by atoms with van der Waals surface area (Å²) in [5, 5.41) is 7.27. The van der Waals surface area contributed by atoms with Crippen molar-refractivity contribution in [3.63, 3.8) is 0 Å². The minimum absolute atomic E-state index is 0.00309. The minimum atomic E-state index is 0.00309. The molecule has 0 bridgehead atoms. The molecule has 1 unspecified atom stereocenters. The monoisotopic (exact) mass is 398 g/mol. The molecule has 2 amide bonds. The summed E-state index contributed by atoms with van der Waals surface area (Å²) in [5.74, 6) is 0.260. The van der Waals surface area contributed by atoms with E-state index in [9.17, 15) is 9.59 Å². The highest BCUT2D eigenvalue weighted by atomic mass is 35.5. The fraction of sp³-hybridized carbons (Fsp3) is 0.600. The number of hydrogen-bond acceptors (Lipinski definition) is 2. The lowest BCUT2D eigenvalue weighted by Crippen LogP contribution is -2.40. The Morgan fingerprint density at radius 3 is 2.31 bits per heavy atom. The molecule has 1 atom stereocenters. The highest BCUT2D eigenvalue weighted by Gasteiger charge is 2.30. The van der Waals surface area contributed by atoms with E-state index in [0.29, 0.717) is 23.0 Å². The van der Waals surface area contributed by atoms with Gasteiger partial charge in [-0.25, -0.2) is 0 Å². The van der Waals surface area contributed by atoms with E-state index in [4.69, 9.17) is 23.2 Å². The molecule has 4 nitrogen and oxygen atoms in total. The van der Waals surface area contributed by atoms with E-state index in [1.165, 1.54) is 0 Å². The molecular formula is C20H28Cl2N2O2. The number of nitrogens with one attached hydrogen (secondary N) is 2. The average Bonchev–Trinajstić information content (AvgIpc) is 2.63. The van der Waals surface area contributed by atoms with Gasteiger partial charge in [0.05, 0.1) is 0 Å². The molecule has 6 heteroatoms. The van der Waals surface area contributed by atoms with Crippen LogP contribution in [0.1, 0.15) is 51.5 Å². The third-order valence-electron chi connectivity index (χ3n) is 5.18. The zero-order valence-electron chi connectivity index (χ0n) is 15.5. The molecule has 0 spiro atoms. The van der Waals surface area contributed by atoms with Gasteiger partial charge in [0, 0.05) is 34.5 Å². The first-order valence-electron chi connectivity index (χ1n) is 9.42. The molecule has 0 aliphatic heterocycles. The topological polar surface area (TPSA) is 58.2 Å². The van der Waals surface area contributed by atoms with Gasteiger partial charge in [-0.1, -0.05) is 36.2 Å². The van der Waals surface area contributed by atoms with Gasteiger partial charge in [-0.3, -0.25) is 9.59 Å². The van der Waals surface area contributed by atoms with Gasteiger partial charge in [-0.05, 0) is 63.1 Å². The maximum Gasteiger partial charge on any atom is 0.223 e. The SMILES string of the molecule is CCC(C)NC(=O)C1CCC(C(=O)NCCc2ccc(Cl)cc2Cl)CC1. The van der Waals surface area contributed by atoms with Gasteiger partial charge in [0.1, 0.15) is 0 Å². The molecule has 1 aliphatic rings.